The highest BCUT2D eigenvalue weighted by molar-refractivity contribution is 9.10. The third-order valence-corrected chi connectivity index (χ3v) is 3.40. The van der Waals surface area contributed by atoms with Crippen LogP contribution < -0.4 is 5.73 Å². The van der Waals surface area contributed by atoms with Crippen LogP contribution in [0, 0.1) is 5.82 Å². The van der Waals surface area contributed by atoms with Crippen molar-refractivity contribution >= 4 is 26.8 Å². The summed E-state index contributed by atoms with van der Waals surface area (Å²) in [7, 11) is 1.92. The Labute approximate surface area is 89.6 Å². The van der Waals surface area contributed by atoms with Crippen LogP contribution in [0.2, 0.25) is 0 Å². The summed E-state index contributed by atoms with van der Waals surface area (Å²) >= 11 is 3.44. The predicted octanol–water partition coefficient (Wildman–Crippen LogP) is 2.54. The Balaban J connectivity index is 2.89. The quantitative estimate of drug-likeness (QED) is 0.836. The second kappa shape index (κ2) is 3.37. The van der Waals surface area contributed by atoms with Crippen molar-refractivity contribution < 1.29 is 4.39 Å². The fourth-order valence-electron chi connectivity index (χ4n) is 1.66. The minimum atomic E-state index is -0.231. The Bertz CT molecular complexity index is 490. The van der Waals surface area contributed by atoms with Gasteiger partial charge in [0.25, 0.3) is 0 Å². The number of nitrogens with zero attached hydrogens (tertiary/aromatic N) is 1. The molecule has 0 saturated carbocycles. The minimum Gasteiger partial charge on any atom is -0.338 e. The van der Waals surface area contributed by atoms with Gasteiger partial charge in [0, 0.05) is 30.1 Å². The number of hydrogen-bond acceptors (Lipinski definition) is 1. The first-order valence-corrected chi connectivity index (χ1v) is 5.07. The molecule has 0 unspecified atom stereocenters. The van der Waals surface area contributed by atoms with E-state index in [-0.39, 0.29) is 5.82 Å². The lowest BCUT2D eigenvalue weighted by Crippen LogP contribution is -1.96. The number of rotatable bonds is 1. The Kier molecular flexibility index (Phi) is 2.33. The second-order valence-electron chi connectivity index (χ2n) is 3.19. The number of hydrogen-bond donors (Lipinski definition) is 1. The van der Waals surface area contributed by atoms with Crippen LogP contribution in [0.25, 0.3) is 10.9 Å². The summed E-state index contributed by atoms with van der Waals surface area (Å²) in [6, 6.07) is 4.73. The lowest BCUT2D eigenvalue weighted by molar-refractivity contribution is 0.629. The number of benzene rings is 1. The van der Waals surface area contributed by atoms with Crippen molar-refractivity contribution in [1.29, 1.82) is 0 Å². The van der Waals surface area contributed by atoms with Crippen LogP contribution in [0.1, 0.15) is 5.56 Å². The lowest BCUT2D eigenvalue weighted by atomic mass is 10.2. The first-order valence-electron chi connectivity index (χ1n) is 4.27. The molecule has 2 nitrogen and oxygen atoms in total. The van der Waals surface area contributed by atoms with Gasteiger partial charge in [-0.15, -0.1) is 0 Å². The third-order valence-electron chi connectivity index (χ3n) is 2.39. The third kappa shape index (κ3) is 1.26. The molecule has 0 aliphatic rings. The molecule has 0 bridgehead atoms. The Hall–Kier alpha value is -0.870. The van der Waals surface area contributed by atoms with E-state index in [1.54, 1.807) is 6.07 Å². The minimum absolute atomic E-state index is 0.231. The lowest BCUT2D eigenvalue weighted by Gasteiger charge is -1.96. The van der Waals surface area contributed by atoms with Crippen molar-refractivity contribution in [3.8, 4) is 0 Å². The number of aromatic nitrogens is 1. The summed E-state index contributed by atoms with van der Waals surface area (Å²) in [5, 5.41) is 0.877. The first-order chi connectivity index (χ1) is 6.65. The van der Waals surface area contributed by atoms with Crippen LogP contribution in [0.3, 0.4) is 0 Å². The van der Waals surface area contributed by atoms with E-state index < -0.39 is 0 Å². The van der Waals surface area contributed by atoms with Crippen molar-refractivity contribution in [2.24, 2.45) is 12.8 Å². The van der Waals surface area contributed by atoms with E-state index in [4.69, 9.17) is 5.73 Å². The van der Waals surface area contributed by atoms with E-state index in [9.17, 15) is 4.39 Å². The molecule has 0 spiro atoms. The molecule has 2 rings (SSSR count). The van der Waals surface area contributed by atoms with Crippen LogP contribution in [0.15, 0.2) is 22.8 Å². The first kappa shape index (κ1) is 9.68. The molecule has 1 heterocycles. The summed E-state index contributed by atoms with van der Waals surface area (Å²) < 4.78 is 15.9. The zero-order valence-electron chi connectivity index (χ0n) is 7.72. The second-order valence-corrected chi connectivity index (χ2v) is 3.95. The topological polar surface area (TPSA) is 30.9 Å². The van der Waals surface area contributed by atoms with Crippen molar-refractivity contribution in [2.45, 2.75) is 6.54 Å². The van der Waals surface area contributed by atoms with Crippen LogP contribution in [0.5, 0.6) is 0 Å². The van der Waals surface area contributed by atoms with Gasteiger partial charge in [-0.1, -0.05) is 0 Å². The fourth-order valence-corrected chi connectivity index (χ4v) is 2.22. The maximum absolute atomic E-state index is 13.0. The number of aryl methyl sites for hydroxylation is 1. The van der Waals surface area contributed by atoms with Crippen molar-refractivity contribution in [2.75, 3.05) is 0 Å². The van der Waals surface area contributed by atoms with Crippen LogP contribution in [0.4, 0.5) is 4.39 Å². The van der Waals surface area contributed by atoms with Gasteiger partial charge < -0.3 is 10.3 Å². The normalized spacial score (nSPS) is 11.1. The van der Waals surface area contributed by atoms with Crippen LogP contribution >= 0.6 is 15.9 Å². The number of halogens is 2. The van der Waals surface area contributed by atoms with Gasteiger partial charge in [0.05, 0.1) is 4.60 Å². The molecule has 14 heavy (non-hydrogen) atoms. The monoisotopic (exact) mass is 256 g/mol. The average molecular weight is 257 g/mol. The van der Waals surface area contributed by atoms with Crippen LogP contribution in [-0.4, -0.2) is 4.57 Å². The van der Waals surface area contributed by atoms with Crippen molar-refractivity contribution in [3.05, 3.63) is 34.2 Å². The zero-order valence-corrected chi connectivity index (χ0v) is 9.31. The summed E-state index contributed by atoms with van der Waals surface area (Å²) in [6.07, 6.45) is 0. The average Bonchev–Trinajstić information content (AvgIpc) is 2.39. The molecule has 2 aromatic rings. The predicted molar refractivity (Wildman–Crippen MR) is 58.5 cm³/mol. The molecule has 1 aromatic heterocycles. The number of nitrogens with two attached hydrogens (primary N) is 1. The Morgan fingerprint density at radius 1 is 1.50 bits per heavy atom. The van der Waals surface area contributed by atoms with Crippen LogP contribution in [-0.2, 0) is 13.6 Å². The molecule has 0 atom stereocenters. The molecule has 1 aromatic carbocycles. The smallest absolute Gasteiger partial charge is 0.123 e. The van der Waals surface area contributed by atoms with Gasteiger partial charge in [0.1, 0.15) is 5.82 Å². The van der Waals surface area contributed by atoms with E-state index in [0.29, 0.717) is 6.54 Å². The molecule has 0 aliphatic heterocycles. The standard InChI is InChI=1S/C10H10BrFN2/c1-14-9-3-2-6(12)4-7(9)8(5-13)10(14)11/h2-4H,5,13H2,1H3. The highest BCUT2D eigenvalue weighted by atomic mass is 79.9. The summed E-state index contributed by atoms with van der Waals surface area (Å²) in [6.45, 7) is 0.404. The van der Waals surface area contributed by atoms with Crippen molar-refractivity contribution in [3.63, 3.8) is 0 Å². The SMILES string of the molecule is Cn1c(Br)c(CN)c2cc(F)ccc21. The summed E-state index contributed by atoms with van der Waals surface area (Å²) in [5.74, 6) is -0.231. The Morgan fingerprint density at radius 3 is 2.86 bits per heavy atom. The van der Waals surface area contributed by atoms with E-state index in [0.717, 1.165) is 21.1 Å². The maximum Gasteiger partial charge on any atom is 0.123 e. The zero-order chi connectivity index (χ0) is 10.3. The largest absolute Gasteiger partial charge is 0.338 e. The highest BCUT2D eigenvalue weighted by Crippen LogP contribution is 2.29. The van der Waals surface area contributed by atoms with Gasteiger partial charge in [-0.25, -0.2) is 4.39 Å². The molecule has 0 aliphatic carbocycles. The van der Waals surface area contributed by atoms with Gasteiger partial charge in [0.15, 0.2) is 0 Å². The molecule has 2 N–H and O–H groups in total. The molecule has 0 fully saturated rings. The van der Waals surface area contributed by atoms with Gasteiger partial charge in [-0.3, -0.25) is 0 Å². The van der Waals surface area contributed by atoms with E-state index in [1.807, 2.05) is 11.6 Å². The van der Waals surface area contributed by atoms with E-state index >= 15 is 0 Å². The molecular formula is C10H10BrFN2. The molecule has 74 valence electrons. The molecule has 0 amide bonds. The fraction of sp³-hybridized carbons (Fsp3) is 0.200. The van der Waals surface area contributed by atoms with Gasteiger partial charge in [-0.2, -0.15) is 0 Å². The molecule has 0 saturated heterocycles. The molecule has 4 heteroatoms. The van der Waals surface area contributed by atoms with Gasteiger partial charge >= 0.3 is 0 Å². The number of fused-ring (bicyclic) bond motifs is 1. The maximum atomic E-state index is 13.0. The van der Waals surface area contributed by atoms with Gasteiger partial charge in [-0.05, 0) is 34.1 Å². The highest BCUT2D eigenvalue weighted by Gasteiger charge is 2.11. The van der Waals surface area contributed by atoms with Gasteiger partial charge in [0.2, 0.25) is 0 Å². The molecule has 0 radical (unpaired) electrons. The van der Waals surface area contributed by atoms with Crippen molar-refractivity contribution in [1.82, 2.24) is 4.57 Å². The summed E-state index contributed by atoms with van der Waals surface area (Å²) in [5.41, 5.74) is 7.55. The van der Waals surface area contributed by atoms with E-state index in [2.05, 4.69) is 15.9 Å². The van der Waals surface area contributed by atoms with E-state index in [1.165, 1.54) is 12.1 Å². The Morgan fingerprint density at radius 2 is 2.21 bits per heavy atom. The molecular weight excluding hydrogens is 247 g/mol. The summed E-state index contributed by atoms with van der Waals surface area (Å²) in [4.78, 5) is 0.